The number of esters is 1. The summed E-state index contributed by atoms with van der Waals surface area (Å²) in [6, 6.07) is 7.04. The molecule has 2 aliphatic heterocycles. The maximum Gasteiger partial charge on any atom is 0.357 e. The third-order valence-corrected chi connectivity index (χ3v) is 10.2. The zero-order chi connectivity index (χ0) is 28.7. The van der Waals surface area contributed by atoms with E-state index in [1.807, 2.05) is 47.6 Å². The van der Waals surface area contributed by atoms with Crippen LogP contribution in [0.15, 0.2) is 24.3 Å². The first-order chi connectivity index (χ1) is 19.8. The number of rotatable bonds is 6. The molecule has 2 aliphatic carbocycles. The number of hydrogen-bond donors (Lipinski definition) is 1. The molecule has 6 rings (SSSR count). The summed E-state index contributed by atoms with van der Waals surface area (Å²) in [6.07, 6.45) is 12.7. The molecule has 8 heteroatoms. The number of ether oxygens (including phenoxy) is 1. The summed E-state index contributed by atoms with van der Waals surface area (Å²) < 4.78 is 20.3. The maximum atomic E-state index is 14.2. The van der Waals surface area contributed by atoms with Crippen LogP contribution in [0.1, 0.15) is 95.0 Å². The van der Waals surface area contributed by atoms with E-state index in [0.29, 0.717) is 23.8 Å². The second kappa shape index (κ2) is 11.4. The van der Waals surface area contributed by atoms with Gasteiger partial charge < -0.3 is 15.0 Å². The van der Waals surface area contributed by atoms with Gasteiger partial charge in [0.15, 0.2) is 5.72 Å². The number of anilines is 1. The molecule has 221 valence electrons. The monoisotopic (exact) mass is 564 g/mol. The Hall–Kier alpha value is -2.90. The molecule has 3 fully saturated rings. The summed E-state index contributed by atoms with van der Waals surface area (Å²) in [5.74, 6) is 0.404. The number of carbonyl (C=O) groups is 3. The van der Waals surface area contributed by atoms with Gasteiger partial charge in [-0.15, -0.1) is 0 Å². The molecular formula is C33H43FN3O4. The van der Waals surface area contributed by atoms with Crippen LogP contribution in [0.3, 0.4) is 0 Å². The molecule has 1 radical (unpaired) electrons. The topological polar surface area (TPSA) is 80.6 Å². The summed E-state index contributed by atoms with van der Waals surface area (Å²) in [7, 11) is 0. The fourth-order valence-electron chi connectivity index (χ4n) is 8.19. The minimum absolute atomic E-state index is 0.0946. The third kappa shape index (κ3) is 5.39. The first-order valence-electron chi connectivity index (χ1n) is 15.7. The van der Waals surface area contributed by atoms with E-state index in [1.54, 1.807) is 6.42 Å². The van der Waals surface area contributed by atoms with Crippen LogP contribution >= 0.6 is 0 Å². The van der Waals surface area contributed by atoms with Gasteiger partial charge in [-0.3, -0.25) is 18.5 Å². The average Bonchev–Trinajstić information content (AvgIpc) is 3.47. The number of hydrogen-bond acceptors (Lipinski definition) is 4. The lowest BCUT2D eigenvalue weighted by atomic mass is 9.71. The highest BCUT2D eigenvalue weighted by atomic mass is 19.1. The number of halogens is 1. The van der Waals surface area contributed by atoms with Crippen molar-refractivity contribution in [3.8, 4) is 0 Å². The van der Waals surface area contributed by atoms with Gasteiger partial charge in [0.05, 0.1) is 12.2 Å². The summed E-state index contributed by atoms with van der Waals surface area (Å²) >= 11 is 0. The van der Waals surface area contributed by atoms with E-state index in [-0.39, 0.29) is 35.5 Å². The van der Waals surface area contributed by atoms with E-state index in [1.165, 1.54) is 19.3 Å². The molecule has 2 aromatic rings. The van der Waals surface area contributed by atoms with Crippen LogP contribution in [-0.4, -0.2) is 46.5 Å². The van der Waals surface area contributed by atoms with Crippen LogP contribution in [0.4, 0.5) is 10.1 Å². The molecule has 0 unspecified atom stereocenters. The van der Waals surface area contributed by atoms with Crippen molar-refractivity contribution in [3.05, 3.63) is 36.4 Å². The van der Waals surface area contributed by atoms with E-state index in [9.17, 15) is 18.8 Å². The molecular weight excluding hydrogens is 521 g/mol. The van der Waals surface area contributed by atoms with Gasteiger partial charge in [-0.2, -0.15) is 0 Å². The quantitative estimate of drug-likeness (QED) is 0.401. The predicted molar refractivity (Wildman–Crippen MR) is 156 cm³/mol. The Morgan fingerprint density at radius 1 is 1.02 bits per heavy atom. The van der Waals surface area contributed by atoms with Gasteiger partial charge in [0.1, 0.15) is 11.7 Å². The standard InChI is InChI=1S/C33H43FN3O4/c1-33(2)37-27-15-14-25(19-24(27)20-28(37)32(40)41-33)35-30(38)29-26(22-7-4-3-5-8-22)9-6-18-36(29)31(39)23-12-10-21(11-13-23)16-17-34/h14-16,19-23,26,29H,3-13,17-18H2,1-2H3,(H,35,38)/t21?,23?,26-,29-/m0/s1. The second-order valence-corrected chi connectivity index (χ2v) is 13.1. The molecule has 1 aromatic heterocycles. The Balaban J connectivity index is 1.25. The molecule has 1 saturated heterocycles. The number of piperidine rings is 1. The van der Waals surface area contributed by atoms with Gasteiger partial charge >= 0.3 is 5.97 Å². The van der Waals surface area contributed by atoms with E-state index >= 15 is 0 Å². The molecule has 7 nitrogen and oxygen atoms in total. The van der Waals surface area contributed by atoms with Crippen molar-refractivity contribution in [2.75, 3.05) is 18.5 Å². The number of amides is 2. The molecule has 1 aromatic carbocycles. The molecule has 2 saturated carbocycles. The second-order valence-electron chi connectivity index (χ2n) is 13.1. The highest BCUT2D eigenvalue weighted by Gasteiger charge is 2.45. The lowest BCUT2D eigenvalue weighted by Gasteiger charge is -2.46. The van der Waals surface area contributed by atoms with Crippen LogP contribution in [0, 0.1) is 30.1 Å². The van der Waals surface area contributed by atoms with Crippen LogP contribution in [0.5, 0.6) is 0 Å². The number of carbonyl (C=O) groups excluding carboxylic acids is 3. The number of aromatic nitrogens is 1. The highest BCUT2D eigenvalue weighted by molar-refractivity contribution is 6.02. The summed E-state index contributed by atoms with van der Waals surface area (Å²) in [4.78, 5) is 42.5. The van der Waals surface area contributed by atoms with Crippen LogP contribution < -0.4 is 5.32 Å². The van der Waals surface area contributed by atoms with Crippen molar-refractivity contribution in [1.29, 1.82) is 0 Å². The Labute approximate surface area is 242 Å². The molecule has 41 heavy (non-hydrogen) atoms. The van der Waals surface area contributed by atoms with Crippen LogP contribution in [0.25, 0.3) is 10.9 Å². The number of nitrogens with zero attached hydrogens (tertiary/aromatic N) is 2. The fourth-order valence-corrected chi connectivity index (χ4v) is 8.19. The van der Waals surface area contributed by atoms with E-state index < -0.39 is 18.4 Å². The maximum absolute atomic E-state index is 14.2. The van der Waals surface area contributed by atoms with Crippen molar-refractivity contribution in [2.45, 2.75) is 96.2 Å². The van der Waals surface area contributed by atoms with Gasteiger partial charge in [0.2, 0.25) is 11.8 Å². The van der Waals surface area contributed by atoms with Gasteiger partial charge in [-0.1, -0.05) is 32.1 Å². The van der Waals surface area contributed by atoms with Crippen molar-refractivity contribution in [1.82, 2.24) is 9.47 Å². The van der Waals surface area contributed by atoms with Crippen LogP contribution in [-0.2, 0) is 20.1 Å². The van der Waals surface area contributed by atoms with Gasteiger partial charge in [-0.25, -0.2) is 4.79 Å². The first kappa shape index (κ1) is 28.2. The zero-order valence-corrected chi connectivity index (χ0v) is 24.4. The average molecular weight is 565 g/mol. The van der Waals surface area contributed by atoms with Gasteiger partial charge in [0, 0.05) is 23.5 Å². The highest BCUT2D eigenvalue weighted by Crippen LogP contribution is 2.41. The summed E-state index contributed by atoms with van der Waals surface area (Å²) in [6.45, 7) is 3.92. The minimum atomic E-state index is -0.766. The van der Waals surface area contributed by atoms with Crippen LogP contribution in [0.2, 0.25) is 0 Å². The summed E-state index contributed by atoms with van der Waals surface area (Å²) in [5.41, 5.74) is 1.29. The molecule has 2 atom stereocenters. The number of nitrogens with one attached hydrogen (secondary N) is 1. The number of benzene rings is 1. The zero-order valence-electron chi connectivity index (χ0n) is 24.4. The number of alkyl halides is 1. The normalized spacial score (nSPS) is 28.4. The third-order valence-electron chi connectivity index (χ3n) is 10.2. The van der Waals surface area contributed by atoms with Crippen molar-refractivity contribution < 1.29 is 23.5 Å². The molecule has 3 heterocycles. The Morgan fingerprint density at radius 2 is 1.78 bits per heavy atom. The smallest absolute Gasteiger partial charge is 0.357 e. The molecule has 0 bridgehead atoms. The van der Waals surface area contributed by atoms with E-state index in [0.717, 1.165) is 62.3 Å². The minimum Gasteiger partial charge on any atom is -0.434 e. The Kier molecular flexibility index (Phi) is 7.86. The van der Waals surface area contributed by atoms with E-state index in [4.69, 9.17) is 4.74 Å². The Morgan fingerprint density at radius 3 is 2.51 bits per heavy atom. The summed E-state index contributed by atoms with van der Waals surface area (Å²) in [5, 5.41) is 4.04. The molecule has 1 N–H and O–H groups in total. The van der Waals surface area contributed by atoms with Crippen molar-refractivity contribution in [2.24, 2.45) is 23.7 Å². The predicted octanol–water partition coefficient (Wildman–Crippen LogP) is 6.61. The number of cyclic esters (lactones) is 1. The Bertz CT molecular complexity index is 1310. The lowest BCUT2D eigenvalue weighted by molar-refractivity contribution is -0.148. The van der Waals surface area contributed by atoms with Crippen molar-refractivity contribution in [3.63, 3.8) is 0 Å². The SMILES string of the molecule is CC1(C)OC(=O)c2cc3cc(NC(=O)[C@@H]4[C@H](C5CCCCC5)CCCN4C(=O)C4CCC([CH]CF)CC4)ccc3n21. The van der Waals surface area contributed by atoms with Gasteiger partial charge in [-0.05, 0) is 101 Å². The number of likely N-dealkylation sites (tertiary alicyclic amines) is 1. The number of fused-ring (bicyclic) bond motifs is 3. The largest absolute Gasteiger partial charge is 0.434 e. The van der Waals surface area contributed by atoms with Gasteiger partial charge in [0.25, 0.3) is 0 Å². The molecule has 4 aliphatic rings. The molecule has 2 amide bonds. The van der Waals surface area contributed by atoms with E-state index in [2.05, 4.69) is 5.32 Å². The first-order valence-corrected chi connectivity index (χ1v) is 15.7. The van der Waals surface area contributed by atoms with Crippen molar-refractivity contribution >= 4 is 34.4 Å². The molecule has 0 spiro atoms. The lowest BCUT2D eigenvalue weighted by Crippen LogP contribution is -2.57. The fraction of sp³-hybridized carbons (Fsp3) is 0.636.